The van der Waals surface area contributed by atoms with Crippen molar-refractivity contribution in [2.45, 2.75) is 173 Å². The second-order valence-electron chi connectivity index (χ2n) is 20.7. The molecule has 0 unspecified atom stereocenters. The van der Waals surface area contributed by atoms with Crippen molar-refractivity contribution in [1.29, 1.82) is 0 Å². The number of nitrogens with zero attached hydrogens (tertiary/aromatic N) is 3. The average molecular weight is 620 g/mol. The van der Waals surface area contributed by atoms with Gasteiger partial charge in [-0.15, -0.1) is 0 Å². The van der Waals surface area contributed by atoms with Crippen LogP contribution in [0, 0.1) is 32.5 Å². The summed E-state index contributed by atoms with van der Waals surface area (Å²) in [6.07, 6.45) is 20.0. The number of rotatable bonds is 0. The summed E-state index contributed by atoms with van der Waals surface area (Å²) >= 11 is 0. The van der Waals surface area contributed by atoms with Crippen molar-refractivity contribution in [3.63, 3.8) is 0 Å². The monoisotopic (exact) mass is 620 g/mol. The summed E-state index contributed by atoms with van der Waals surface area (Å²) < 4.78 is 0. The van der Waals surface area contributed by atoms with Crippen LogP contribution >= 0.6 is 0 Å². The van der Waals surface area contributed by atoms with Gasteiger partial charge in [0.15, 0.2) is 0 Å². The zero-order chi connectivity index (χ0) is 33.9. The molecule has 3 nitrogen and oxygen atoms in total. The maximum Gasteiger partial charge on any atom is 0.00301 e. The molecule has 0 N–H and O–H groups in total. The Morgan fingerprint density at radius 3 is 0.705 bits per heavy atom. The molecule has 0 atom stereocenters. The van der Waals surface area contributed by atoms with Crippen molar-refractivity contribution in [3.8, 4) is 0 Å². The van der Waals surface area contributed by atoms with Crippen molar-refractivity contribution in [3.05, 3.63) is 0 Å². The standard InChI is InChI=1S/2C8H17N.C7H15N.C7H14.C6H12.C5H10/c1-8(2)4-6-9(3)7-5-8;1-8(2)5-4-6-9(3)7-8;1-7(2)4-5-8(3)6-7;1-7(2)5-3-4-6-7;1-6(2)4-3-5-6;1-5(2)3-4-5/h2*4-7H2,1-3H3;4-6H2,1-3H3;3-6H2,1-2H3;3-5H2,1-2H3;3-4H2,1-2H3. The van der Waals surface area contributed by atoms with Gasteiger partial charge >= 0.3 is 0 Å². The van der Waals surface area contributed by atoms with Crippen LogP contribution in [0.2, 0.25) is 0 Å². The van der Waals surface area contributed by atoms with Crippen LogP contribution in [0.25, 0.3) is 0 Å². The van der Waals surface area contributed by atoms with Gasteiger partial charge in [-0.3, -0.25) is 0 Å². The number of hydrogen-bond donors (Lipinski definition) is 0. The number of likely N-dealkylation sites (tertiary alicyclic amines) is 3. The highest BCUT2D eigenvalue weighted by molar-refractivity contribution is 4.83. The lowest BCUT2D eigenvalue weighted by molar-refractivity contribution is 0.143. The van der Waals surface area contributed by atoms with Crippen LogP contribution in [-0.2, 0) is 0 Å². The van der Waals surface area contributed by atoms with Gasteiger partial charge in [0.2, 0.25) is 0 Å². The second-order valence-corrected chi connectivity index (χ2v) is 20.7. The van der Waals surface area contributed by atoms with Gasteiger partial charge in [0.25, 0.3) is 0 Å². The SMILES string of the molecule is CC1(C)CC1.CC1(C)CCC1.CC1(C)CCCC1.CN1CCC(C)(C)C1.CN1CCC(C)(C)CC1.CN1CCCC(C)(C)C1. The van der Waals surface area contributed by atoms with E-state index in [-0.39, 0.29) is 0 Å². The molecule has 0 aromatic heterocycles. The highest BCUT2D eigenvalue weighted by atomic mass is 15.1. The topological polar surface area (TPSA) is 9.72 Å². The van der Waals surface area contributed by atoms with Crippen LogP contribution in [0.15, 0.2) is 0 Å². The highest BCUT2D eigenvalue weighted by Crippen LogP contribution is 2.43. The van der Waals surface area contributed by atoms with Gasteiger partial charge in [-0.2, -0.15) is 0 Å². The van der Waals surface area contributed by atoms with E-state index >= 15 is 0 Å². The normalized spacial score (nSPS) is 28.7. The molecule has 6 aliphatic rings. The molecule has 0 amide bonds. The molecule has 0 radical (unpaired) electrons. The molecular weight excluding hydrogens is 534 g/mol. The molecule has 3 saturated heterocycles. The van der Waals surface area contributed by atoms with E-state index in [9.17, 15) is 0 Å². The van der Waals surface area contributed by atoms with Crippen molar-refractivity contribution in [2.24, 2.45) is 32.5 Å². The third-order valence-electron chi connectivity index (χ3n) is 11.2. The lowest BCUT2D eigenvalue weighted by Crippen LogP contribution is -2.37. The molecule has 6 fully saturated rings. The fraction of sp³-hybridized carbons (Fsp3) is 1.00. The van der Waals surface area contributed by atoms with Crippen LogP contribution < -0.4 is 0 Å². The molecule has 264 valence electrons. The summed E-state index contributed by atoms with van der Waals surface area (Å²) in [7, 11) is 6.60. The first-order valence-electron chi connectivity index (χ1n) is 19.0. The summed E-state index contributed by atoms with van der Waals surface area (Å²) in [5.41, 5.74) is 3.95. The van der Waals surface area contributed by atoms with Crippen molar-refractivity contribution < 1.29 is 0 Å². The molecule has 3 heteroatoms. The van der Waals surface area contributed by atoms with E-state index in [1.165, 1.54) is 129 Å². The maximum atomic E-state index is 2.42. The Morgan fingerprint density at radius 1 is 0.273 bits per heavy atom. The van der Waals surface area contributed by atoms with Crippen molar-refractivity contribution in [1.82, 2.24) is 14.7 Å². The Morgan fingerprint density at radius 2 is 0.545 bits per heavy atom. The molecule has 3 saturated carbocycles. The van der Waals surface area contributed by atoms with E-state index < -0.39 is 0 Å². The maximum absolute atomic E-state index is 2.42. The summed E-state index contributed by atoms with van der Waals surface area (Å²) in [6, 6.07) is 0. The molecule has 44 heavy (non-hydrogen) atoms. The van der Waals surface area contributed by atoms with Crippen LogP contribution in [0.5, 0.6) is 0 Å². The lowest BCUT2D eigenvalue weighted by Gasteiger charge is -2.35. The zero-order valence-electron chi connectivity index (χ0n) is 33.5. The Bertz CT molecular complexity index is 745. The van der Waals surface area contributed by atoms with Gasteiger partial charge in [0.05, 0.1) is 0 Å². The summed E-state index contributed by atoms with van der Waals surface area (Å²) in [6.45, 7) is 35.8. The van der Waals surface area contributed by atoms with Crippen molar-refractivity contribution >= 4 is 0 Å². The first-order chi connectivity index (χ1) is 19.9. The van der Waals surface area contributed by atoms with Crippen LogP contribution in [-0.4, -0.2) is 75.1 Å². The first kappa shape index (κ1) is 41.9. The highest BCUT2D eigenvalue weighted by Gasteiger charge is 2.30. The van der Waals surface area contributed by atoms with E-state index in [1.54, 1.807) is 0 Å². The molecule has 6 rings (SSSR count). The molecule has 0 spiro atoms. The molecule has 0 bridgehead atoms. The van der Waals surface area contributed by atoms with Gasteiger partial charge < -0.3 is 14.7 Å². The van der Waals surface area contributed by atoms with E-state index in [4.69, 9.17) is 0 Å². The molecule has 0 aromatic rings. The quantitative estimate of drug-likeness (QED) is 0.267. The Hall–Kier alpha value is -0.120. The average Bonchev–Trinajstić information content (AvgIpc) is 3.23. The minimum atomic E-state index is 0.576. The first-order valence-corrected chi connectivity index (χ1v) is 19.0. The smallest absolute Gasteiger partial charge is 0.00301 e. The van der Waals surface area contributed by atoms with Gasteiger partial charge in [0, 0.05) is 13.1 Å². The van der Waals surface area contributed by atoms with Gasteiger partial charge in [0.1, 0.15) is 0 Å². The van der Waals surface area contributed by atoms with E-state index in [1.807, 2.05) is 0 Å². The van der Waals surface area contributed by atoms with Gasteiger partial charge in [-0.1, -0.05) is 102 Å². The van der Waals surface area contributed by atoms with Crippen LogP contribution in [0.3, 0.4) is 0 Å². The molecule has 3 aliphatic heterocycles. The molecule has 3 heterocycles. The predicted octanol–water partition coefficient (Wildman–Crippen LogP) is 11.4. The Kier molecular flexibility index (Phi) is 17.0. The Balaban J connectivity index is 0.000000267. The van der Waals surface area contributed by atoms with Gasteiger partial charge in [-0.25, -0.2) is 0 Å². The van der Waals surface area contributed by atoms with E-state index in [0.29, 0.717) is 21.7 Å². The summed E-state index contributed by atoms with van der Waals surface area (Å²) in [5.74, 6) is 0. The van der Waals surface area contributed by atoms with E-state index in [2.05, 4.69) is 119 Å². The fourth-order valence-electron chi connectivity index (χ4n) is 6.79. The molecular formula is C41H85N3. The lowest BCUT2D eigenvalue weighted by atomic mass is 9.72. The van der Waals surface area contributed by atoms with E-state index in [0.717, 1.165) is 10.8 Å². The number of piperidine rings is 2. The van der Waals surface area contributed by atoms with Crippen LogP contribution in [0.4, 0.5) is 0 Å². The van der Waals surface area contributed by atoms with Crippen molar-refractivity contribution in [2.75, 3.05) is 60.4 Å². The molecule has 0 aromatic carbocycles. The Labute approximate surface area is 280 Å². The minimum Gasteiger partial charge on any atom is -0.306 e. The third kappa shape index (κ3) is 21.6. The number of hydrogen-bond acceptors (Lipinski definition) is 3. The minimum absolute atomic E-state index is 0.576. The third-order valence-corrected chi connectivity index (χ3v) is 11.2. The molecule has 3 aliphatic carbocycles. The fourth-order valence-corrected chi connectivity index (χ4v) is 6.79. The summed E-state index contributed by atoms with van der Waals surface area (Å²) in [5, 5.41) is 0. The summed E-state index contributed by atoms with van der Waals surface area (Å²) in [4.78, 5) is 7.22. The largest absolute Gasteiger partial charge is 0.306 e. The van der Waals surface area contributed by atoms with Gasteiger partial charge in [-0.05, 0) is 150 Å². The predicted molar refractivity (Wildman–Crippen MR) is 200 cm³/mol. The zero-order valence-corrected chi connectivity index (χ0v) is 33.5. The second kappa shape index (κ2) is 17.9. The van der Waals surface area contributed by atoms with Crippen LogP contribution in [0.1, 0.15) is 173 Å².